The van der Waals surface area contributed by atoms with Crippen LogP contribution in [0.15, 0.2) is 0 Å². The first-order valence-corrected chi connectivity index (χ1v) is 7.88. The van der Waals surface area contributed by atoms with Crippen LogP contribution in [-0.2, 0) is 19.4 Å². The molecule has 0 bridgehead atoms. The molecule has 1 aromatic rings. The smallest absolute Gasteiger partial charge is 0.107 e. The zero-order valence-corrected chi connectivity index (χ0v) is 12.1. The van der Waals surface area contributed by atoms with Gasteiger partial charge in [-0.3, -0.25) is 4.90 Å². The van der Waals surface area contributed by atoms with E-state index in [-0.39, 0.29) is 0 Å². The highest BCUT2D eigenvalue weighted by molar-refractivity contribution is 7.11. The Bertz CT molecular complexity index is 341. The Morgan fingerprint density at radius 3 is 2.83 bits per heavy atom. The van der Waals surface area contributed by atoms with E-state index in [1.54, 1.807) is 0 Å². The van der Waals surface area contributed by atoms with Gasteiger partial charge in [0.15, 0.2) is 0 Å². The Kier molecular flexibility index (Phi) is 5.60. The lowest BCUT2D eigenvalue weighted by Crippen LogP contribution is -2.19. The van der Waals surface area contributed by atoms with E-state index in [4.69, 9.17) is 10.1 Å². The summed E-state index contributed by atoms with van der Waals surface area (Å²) in [4.78, 5) is 8.65. The van der Waals surface area contributed by atoms with Gasteiger partial charge in [-0.1, -0.05) is 0 Å². The molecule has 0 atom stereocenters. The maximum Gasteiger partial charge on any atom is 0.107 e. The number of hydrogen-bond acceptors (Lipinski definition) is 4. The van der Waals surface area contributed by atoms with Crippen LogP contribution in [0.25, 0.3) is 0 Å². The minimum absolute atomic E-state index is 0.322. The predicted octanol–water partition coefficient (Wildman–Crippen LogP) is 2.62. The van der Waals surface area contributed by atoms with E-state index in [1.165, 1.54) is 47.7 Å². The monoisotopic (exact) mass is 268 g/mol. The molecule has 0 aliphatic heterocycles. The van der Waals surface area contributed by atoms with Crippen molar-refractivity contribution in [3.63, 3.8) is 0 Å². The quantitative estimate of drug-likeness (QED) is 0.772. The molecule has 0 spiro atoms. The largest absolute Gasteiger partial charge is 0.396 e. The molecule has 0 fully saturated rings. The molecule has 1 N–H and O–H groups in total. The Hall–Kier alpha value is -0.450. The fourth-order valence-electron chi connectivity index (χ4n) is 2.45. The summed E-state index contributed by atoms with van der Waals surface area (Å²) >= 11 is 1.91. The molecular weight excluding hydrogens is 244 g/mol. The number of aliphatic hydroxyl groups is 1. The van der Waals surface area contributed by atoms with E-state index >= 15 is 0 Å². The summed E-state index contributed by atoms with van der Waals surface area (Å²) in [7, 11) is 2.17. The van der Waals surface area contributed by atoms with Crippen molar-refractivity contribution in [1.29, 1.82) is 0 Å². The summed E-state index contributed by atoms with van der Waals surface area (Å²) in [6.07, 6.45) is 8.30. The summed E-state index contributed by atoms with van der Waals surface area (Å²) in [6, 6.07) is 0. The van der Waals surface area contributed by atoms with E-state index in [2.05, 4.69) is 11.9 Å². The number of hydrogen-bond donors (Lipinski definition) is 1. The molecule has 3 nitrogen and oxygen atoms in total. The molecular formula is C14H24N2OS. The van der Waals surface area contributed by atoms with Crippen LogP contribution in [0.5, 0.6) is 0 Å². The molecule has 1 aliphatic rings. The first-order valence-electron chi connectivity index (χ1n) is 7.06. The normalized spacial score (nSPS) is 15.1. The average molecular weight is 268 g/mol. The fraction of sp³-hybridized carbons (Fsp3) is 0.786. The Morgan fingerprint density at radius 2 is 2.06 bits per heavy atom. The van der Waals surface area contributed by atoms with Crippen LogP contribution in [0.3, 0.4) is 0 Å². The lowest BCUT2D eigenvalue weighted by molar-refractivity contribution is 0.271. The van der Waals surface area contributed by atoms with E-state index < -0.39 is 0 Å². The van der Waals surface area contributed by atoms with E-state index in [0.717, 1.165) is 25.9 Å². The third-order valence-electron chi connectivity index (χ3n) is 3.49. The Labute approximate surface area is 114 Å². The molecule has 0 saturated carbocycles. The summed E-state index contributed by atoms with van der Waals surface area (Å²) in [5, 5.41) is 10.0. The van der Waals surface area contributed by atoms with E-state index in [0.29, 0.717) is 6.61 Å². The molecule has 1 aliphatic carbocycles. The number of aliphatic hydroxyl groups excluding tert-OH is 1. The van der Waals surface area contributed by atoms with Crippen molar-refractivity contribution in [2.45, 2.75) is 51.5 Å². The summed E-state index contributed by atoms with van der Waals surface area (Å²) in [5.41, 5.74) is 1.37. The summed E-state index contributed by atoms with van der Waals surface area (Å²) < 4.78 is 0. The molecule has 4 heteroatoms. The predicted molar refractivity (Wildman–Crippen MR) is 76.0 cm³/mol. The van der Waals surface area contributed by atoms with Gasteiger partial charge in [-0.25, -0.2) is 4.98 Å². The Balaban J connectivity index is 1.76. The SMILES string of the molecule is CN(CCCCCO)Cc1nc2c(s1)CCCC2. The summed E-state index contributed by atoms with van der Waals surface area (Å²) in [5.74, 6) is 0. The van der Waals surface area contributed by atoms with Crippen molar-refractivity contribution in [3.05, 3.63) is 15.6 Å². The third-order valence-corrected chi connectivity index (χ3v) is 4.64. The number of rotatable bonds is 7. The van der Waals surface area contributed by atoms with Crippen molar-refractivity contribution < 1.29 is 5.11 Å². The fourth-order valence-corrected chi connectivity index (χ4v) is 3.69. The second-order valence-electron chi connectivity index (χ2n) is 5.21. The van der Waals surface area contributed by atoms with Gasteiger partial charge >= 0.3 is 0 Å². The van der Waals surface area contributed by atoms with Gasteiger partial charge in [-0.05, 0) is 58.5 Å². The lowest BCUT2D eigenvalue weighted by atomic mass is 10.0. The first-order chi connectivity index (χ1) is 8.79. The average Bonchev–Trinajstić information content (AvgIpc) is 2.76. The number of fused-ring (bicyclic) bond motifs is 1. The van der Waals surface area contributed by atoms with E-state index in [9.17, 15) is 0 Å². The molecule has 0 aromatic carbocycles. The zero-order chi connectivity index (χ0) is 12.8. The molecule has 1 aromatic heterocycles. The van der Waals surface area contributed by atoms with Crippen molar-refractivity contribution in [3.8, 4) is 0 Å². The maximum absolute atomic E-state index is 8.74. The van der Waals surface area contributed by atoms with Crippen LogP contribution < -0.4 is 0 Å². The van der Waals surface area contributed by atoms with Crippen molar-refractivity contribution in [1.82, 2.24) is 9.88 Å². The van der Waals surface area contributed by atoms with Gasteiger partial charge in [0, 0.05) is 11.5 Å². The number of nitrogens with zero attached hydrogens (tertiary/aromatic N) is 2. The second kappa shape index (κ2) is 7.22. The van der Waals surface area contributed by atoms with Crippen LogP contribution in [0, 0.1) is 0 Å². The van der Waals surface area contributed by atoms with Crippen molar-refractivity contribution in [2.24, 2.45) is 0 Å². The molecule has 0 saturated heterocycles. The molecule has 102 valence electrons. The number of aromatic nitrogens is 1. The van der Waals surface area contributed by atoms with Crippen LogP contribution in [0.1, 0.15) is 47.7 Å². The first kappa shape index (κ1) is 14.0. The van der Waals surface area contributed by atoms with Crippen LogP contribution in [-0.4, -0.2) is 35.2 Å². The van der Waals surface area contributed by atoms with Gasteiger partial charge in [0.2, 0.25) is 0 Å². The lowest BCUT2D eigenvalue weighted by Gasteiger charge is -2.14. The highest BCUT2D eigenvalue weighted by Crippen LogP contribution is 2.27. The molecule has 0 radical (unpaired) electrons. The Morgan fingerprint density at radius 1 is 1.22 bits per heavy atom. The topological polar surface area (TPSA) is 36.4 Å². The molecule has 0 unspecified atom stereocenters. The van der Waals surface area contributed by atoms with Gasteiger partial charge in [0.1, 0.15) is 5.01 Å². The molecule has 18 heavy (non-hydrogen) atoms. The van der Waals surface area contributed by atoms with Gasteiger partial charge < -0.3 is 5.11 Å². The standard InChI is InChI=1S/C14H24N2OS/c1-16(9-5-2-6-10-17)11-14-15-12-7-3-4-8-13(12)18-14/h17H,2-11H2,1H3. The van der Waals surface area contributed by atoms with E-state index in [1.807, 2.05) is 11.3 Å². The minimum atomic E-state index is 0.322. The minimum Gasteiger partial charge on any atom is -0.396 e. The van der Waals surface area contributed by atoms with Crippen LogP contribution >= 0.6 is 11.3 Å². The highest BCUT2D eigenvalue weighted by atomic mass is 32.1. The third kappa shape index (κ3) is 4.04. The van der Waals surface area contributed by atoms with Crippen molar-refractivity contribution >= 4 is 11.3 Å². The van der Waals surface area contributed by atoms with Crippen LogP contribution in [0.2, 0.25) is 0 Å². The zero-order valence-electron chi connectivity index (χ0n) is 11.3. The number of aryl methyl sites for hydroxylation is 2. The summed E-state index contributed by atoms with van der Waals surface area (Å²) in [6.45, 7) is 2.41. The van der Waals surface area contributed by atoms with Gasteiger partial charge in [0.05, 0.1) is 12.2 Å². The van der Waals surface area contributed by atoms with Crippen molar-refractivity contribution in [2.75, 3.05) is 20.2 Å². The van der Waals surface area contributed by atoms with Gasteiger partial charge in [-0.15, -0.1) is 11.3 Å². The highest BCUT2D eigenvalue weighted by Gasteiger charge is 2.15. The molecule has 1 heterocycles. The second-order valence-corrected chi connectivity index (χ2v) is 6.37. The molecule has 0 amide bonds. The number of unbranched alkanes of at least 4 members (excludes halogenated alkanes) is 2. The number of thiazole rings is 1. The van der Waals surface area contributed by atoms with Crippen LogP contribution in [0.4, 0.5) is 0 Å². The van der Waals surface area contributed by atoms with Gasteiger partial charge in [0.25, 0.3) is 0 Å². The van der Waals surface area contributed by atoms with Gasteiger partial charge in [-0.2, -0.15) is 0 Å². The molecule has 2 rings (SSSR count). The maximum atomic E-state index is 8.74.